The number of hydrogen-bond donors (Lipinski definition) is 0. The van der Waals surface area contributed by atoms with Crippen molar-refractivity contribution < 1.29 is 14.4 Å². The van der Waals surface area contributed by atoms with Crippen molar-refractivity contribution in [3.63, 3.8) is 0 Å². The highest BCUT2D eigenvalue weighted by Gasteiger charge is 2.33. The molecule has 1 saturated heterocycles. The molecular weight excluding hydrogens is 414 g/mol. The highest BCUT2D eigenvalue weighted by atomic mass is 35.5. The third-order valence-corrected chi connectivity index (χ3v) is 5.38. The molecule has 1 heterocycles. The molecule has 7 heteroatoms. The van der Waals surface area contributed by atoms with Gasteiger partial charge in [0.25, 0.3) is 0 Å². The zero-order valence-corrected chi connectivity index (χ0v) is 18.7. The Morgan fingerprint density at radius 2 is 1.84 bits per heavy atom. The second kappa shape index (κ2) is 10.4. The summed E-state index contributed by atoms with van der Waals surface area (Å²) < 4.78 is 0. The number of carbonyl (C=O) groups excluding carboxylic acids is 3. The van der Waals surface area contributed by atoms with Crippen LogP contribution in [0.3, 0.4) is 0 Å². The van der Waals surface area contributed by atoms with Gasteiger partial charge >= 0.3 is 0 Å². The minimum atomic E-state index is -0.230. The maximum atomic E-state index is 12.9. The van der Waals surface area contributed by atoms with Gasteiger partial charge in [0.2, 0.25) is 17.7 Å². The summed E-state index contributed by atoms with van der Waals surface area (Å²) in [5.74, 6) is -0.215. The molecule has 0 radical (unpaired) electrons. The molecule has 0 saturated carbocycles. The van der Waals surface area contributed by atoms with Crippen molar-refractivity contribution in [1.82, 2.24) is 9.80 Å². The molecule has 0 atom stereocenters. The molecule has 2 aromatic carbocycles. The monoisotopic (exact) mass is 441 g/mol. The second-order valence-electron chi connectivity index (χ2n) is 8.19. The van der Waals surface area contributed by atoms with Crippen molar-refractivity contribution in [2.45, 2.75) is 26.7 Å². The van der Waals surface area contributed by atoms with Gasteiger partial charge in [-0.05, 0) is 36.1 Å². The summed E-state index contributed by atoms with van der Waals surface area (Å²) in [6.07, 6.45) is 0.977. The molecular formula is C24H28ClN3O3. The minimum absolute atomic E-state index is 0.000922. The first-order valence-corrected chi connectivity index (χ1v) is 10.9. The largest absolute Gasteiger partial charge is 0.333 e. The predicted molar refractivity (Wildman–Crippen MR) is 122 cm³/mol. The lowest BCUT2D eigenvalue weighted by molar-refractivity contribution is -0.140. The zero-order chi connectivity index (χ0) is 22.4. The van der Waals surface area contributed by atoms with Crippen LogP contribution in [0.15, 0.2) is 54.6 Å². The maximum Gasteiger partial charge on any atom is 0.248 e. The fourth-order valence-electron chi connectivity index (χ4n) is 3.60. The van der Waals surface area contributed by atoms with Crippen molar-refractivity contribution >= 4 is 35.0 Å². The summed E-state index contributed by atoms with van der Waals surface area (Å²) in [5, 5.41) is 0.530. The Morgan fingerprint density at radius 1 is 1.10 bits per heavy atom. The number of nitrogens with zero attached hydrogens (tertiary/aromatic N) is 3. The van der Waals surface area contributed by atoms with E-state index in [1.54, 1.807) is 29.2 Å². The molecule has 164 valence electrons. The average Bonchev–Trinajstić information content (AvgIpc) is 3.14. The van der Waals surface area contributed by atoms with Crippen LogP contribution < -0.4 is 4.90 Å². The van der Waals surface area contributed by atoms with Crippen LogP contribution in [0.2, 0.25) is 5.02 Å². The molecule has 2 aromatic rings. The number of aryl methyl sites for hydroxylation is 1. The molecule has 6 nitrogen and oxygen atoms in total. The molecule has 1 fully saturated rings. The Balaban J connectivity index is 1.62. The van der Waals surface area contributed by atoms with Crippen LogP contribution in [0.25, 0.3) is 0 Å². The molecule has 0 aliphatic carbocycles. The van der Waals surface area contributed by atoms with E-state index in [-0.39, 0.29) is 43.4 Å². The number of anilines is 1. The highest BCUT2D eigenvalue weighted by Crippen LogP contribution is 2.23. The lowest BCUT2D eigenvalue weighted by atomic mass is 10.1. The first kappa shape index (κ1) is 22.8. The maximum absolute atomic E-state index is 12.9. The van der Waals surface area contributed by atoms with E-state index in [1.165, 1.54) is 9.80 Å². The first-order valence-electron chi connectivity index (χ1n) is 10.5. The highest BCUT2D eigenvalue weighted by molar-refractivity contribution is 6.31. The molecule has 0 N–H and O–H groups in total. The SMILES string of the molecule is CC(C)CN(CC(=O)N1CC(=O)N(c2cccc(Cl)c2)C1)C(=O)CCc1ccccc1. The van der Waals surface area contributed by atoms with Gasteiger partial charge in [0.15, 0.2) is 0 Å². The summed E-state index contributed by atoms with van der Waals surface area (Å²) in [4.78, 5) is 42.9. The fourth-order valence-corrected chi connectivity index (χ4v) is 3.78. The average molecular weight is 442 g/mol. The minimum Gasteiger partial charge on any atom is -0.333 e. The molecule has 1 aliphatic rings. The van der Waals surface area contributed by atoms with Crippen LogP contribution in [0, 0.1) is 5.92 Å². The quantitative estimate of drug-likeness (QED) is 0.629. The van der Waals surface area contributed by atoms with E-state index < -0.39 is 0 Å². The summed E-state index contributed by atoms with van der Waals surface area (Å²) >= 11 is 6.03. The summed E-state index contributed by atoms with van der Waals surface area (Å²) in [5.41, 5.74) is 1.75. The normalized spacial score (nSPS) is 13.7. The number of halogens is 1. The Bertz CT molecular complexity index is 933. The van der Waals surface area contributed by atoms with Crippen LogP contribution in [0.4, 0.5) is 5.69 Å². The van der Waals surface area contributed by atoms with E-state index in [0.29, 0.717) is 30.1 Å². The summed E-state index contributed by atoms with van der Waals surface area (Å²) in [7, 11) is 0. The number of hydrogen-bond acceptors (Lipinski definition) is 3. The second-order valence-corrected chi connectivity index (χ2v) is 8.62. The molecule has 0 unspecified atom stereocenters. The third-order valence-electron chi connectivity index (χ3n) is 5.15. The molecule has 0 bridgehead atoms. The van der Waals surface area contributed by atoms with Crippen LogP contribution in [-0.4, -0.2) is 53.8 Å². The number of benzene rings is 2. The Morgan fingerprint density at radius 3 is 2.52 bits per heavy atom. The van der Waals surface area contributed by atoms with Crippen molar-refractivity contribution in [2.24, 2.45) is 5.92 Å². The molecule has 1 aliphatic heterocycles. The Hall–Kier alpha value is -2.86. The first-order chi connectivity index (χ1) is 14.8. The van der Waals surface area contributed by atoms with Gasteiger partial charge in [-0.3, -0.25) is 19.3 Å². The van der Waals surface area contributed by atoms with E-state index >= 15 is 0 Å². The van der Waals surface area contributed by atoms with Crippen molar-refractivity contribution in [2.75, 3.05) is 31.2 Å². The molecule has 0 aromatic heterocycles. The van der Waals surface area contributed by atoms with Crippen LogP contribution in [0.5, 0.6) is 0 Å². The van der Waals surface area contributed by atoms with Crippen molar-refractivity contribution in [1.29, 1.82) is 0 Å². The smallest absolute Gasteiger partial charge is 0.248 e. The van der Waals surface area contributed by atoms with Gasteiger partial charge < -0.3 is 9.80 Å². The summed E-state index contributed by atoms with van der Waals surface area (Å²) in [6, 6.07) is 16.8. The molecule has 31 heavy (non-hydrogen) atoms. The standard InChI is InChI=1S/C24H28ClN3O3/c1-18(2)14-26(22(29)12-11-19-7-4-3-5-8-19)15-23(30)27-16-24(31)28(17-27)21-10-6-9-20(25)13-21/h3-10,13,18H,11-12,14-17H2,1-2H3. The molecule has 0 spiro atoms. The van der Waals surface area contributed by atoms with Crippen LogP contribution in [-0.2, 0) is 20.8 Å². The molecule has 3 amide bonds. The number of rotatable bonds is 8. The van der Waals surface area contributed by atoms with E-state index in [2.05, 4.69) is 0 Å². The lowest BCUT2D eigenvalue weighted by Gasteiger charge is -2.26. The zero-order valence-electron chi connectivity index (χ0n) is 18.0. The van der Waals surface area contributed by atoms with Crippen molar-refractivity contribution in [3.8, 4) is 0 Å². The lowest BCUT2D eigenvalue weighted by Crippen LogP contribution is -2.44. The van der Waals surface area contributed by atoms with E-state index in [1.807, 2.05) is 44.2 Å². The topological polar surface area (TPSA) is 60.9 Å². The Labute approximate surface area is 188 Å². The van der Waals surface area contributed by atoms with Gasteiger partial charge in [-0.2, -0.15) is 0 Å². The van der Waals surface area contributed by atoms with Gasteiger partial charge in [0, 0.05) is 23.7 Å². The summed E-state index contributed by atoms with van der Waals surface area (Å²) in [6.45, 7) is 4.66. The van der Waals surface area contributed by atoms with Gasteiger partial charge in [0.1, 0.15) is 13.2 Å². The van der Waals surface area contributed by atoms with Gasteiger partial charge in [-0.1, -0.05) is 61.8 Å². The van der Waals surface area contributed by atoms with E-state index in [0.717, 1.165) is 5.56 Å². The molecule has 3 rings (SSSR count). The number of carbonyl (C=O) groups is 3. The van der Waals surface area contributed by atoms with Gasteiger partial charge in [-0.15, -0.1) is 0 Å². The number of amides is 3. The van der Waals surface area contributed by atoms with Crippen LogP contribution in [0.1, 0.15) is 25.8 Å². The Kier molecular flexibility index (Phi) is 7.69. The van der Waals surface area contributed by atoms with Crippen molar-refractivity contribution in [3.05, 3.63) is 65.2 Å². The predicted octanol–water partition coefficient (Wildman–Crippen LogP) is 3.59. The van der Waals surface area contributed by atoms with Crippen LogP contribution >= 0.6 is 11.6 Å². The third kappa shape index (κ3) is 6.31. The van der Waals surface area contributed by atoms with Gasteiger partial charge in [-0.25, -0.2) is 0 Å². The fraction of sp³-hybridized carbons (Fsp3) is 0.375. The van der Waals surface area contributed by atoms with E-state index in [4.69, 9.17) is 11.6 Å². The van der Waals surface area contributed by atoms with Gasteiger partial charge in [0.05, 0.1) is 6.54 Å². The van der Waals surface area contributed by atoms with E-state index in [9.17, 15) is 14.4 Å².